The van der Waals surface area contributed by atoms with Crippen LogP contribution in [0.5, 0.6) is 11.5 Å². The van der Waals surface area contributed by atoms with Crippen molar-refractivity contribution >= 4 is 28.4 Å². The van der Waals surface area contributed by atoms with Gasteiger partial charge in [0.15, 0.2) is 11.5 Å². The molecule has 1 aromatic heterocycles. The fraction of sp³-hybridized carbons (Fsp3) is 0.389. The van der Waals surface area contributed by atoms with E-state index in [0.29, 0.717) is 52.7 Å². The van der Waals surface area contributed by atoms with Crippen LogP contribution in [-0.4, -0.2) is 55.7 Å². The van der Waals surface area contributed by atoms with Crippen LogP contribution < -0.4 is 14.8 Å². The monoisotopic (exact) mass is 374 g/mol. The highest BCUT2D eigenvalue weighted by Gasteiger charge is 2.16. The number of amides is 1. The van der Waals surface area contributed by atoms with Crippen molar-refractivity contribution in [3.63, 3.8) is 0 Å². The average Bonchev–Trinajstić information content (AvgIpc) is 2.65. The van der Waals surface area contributed by atoms with Gasteiger partial charge in [0.1, 0.15) is 6.07 Å². The number of aromatic nitrogens is 1. The summed E-state index contributed by atoms with van der Waals surface area (Å²) in [7, 11) is 1.55. The molecule has 1 fully saturated rings. The highest BCUT2D eigenvalue weighted by Crippen LogP contribution is 2.35. The Morgan fingerprint density at radius 2 is 2.27 bits per heavy atom. The number of nitriles is 1. The van der Waals surface area contributed by atoms with E-state index >= 15 is 0 Å². The Bertz CT molecular complexity index is 866. The van der Waals surface area contributed by atoms with Crippen LogP contribution in [0.4, 0.5) is 0 Å². The number of halogens is 1. The van der Waals surface area contributed by atoms with Gasteiger partial charge in [-0.2, -0.15) is 5.26 Å². The maximum Gasteiger partial charge on any atom is 0.234 e. The average molecular weight is 375 g/mol. The molecule has 2 heterocycles. The third-order valence-corrected chi connectivity index (χ3v) is 4.61. The Balaban J connectivity index is 1.67. The van der Waals surface area contributed by atoms with E-state index in [0.717, 1.165) is 19.5 Å². The third-order valence-electron chi connectivity index (χ3n) is 4.20. The summed E-state index contributed by atoms with van der Waals surface area (Å²) in [5, 5.41) is 12.9. The minimum atomic E-state index is 0.0630. The summed E-state index contributed by atoms with van der Waals surface area (Å²) < 4.78 is 11.2. The number of nitrogens with zero attached hydrogens (tertiary/aromatic N) is 3. The second-order valence-corrected chi connectivity index (χ2v) is 6.32. The molecule has 0 atom stereocenters. The van der Waals surface area contributed by atoms with Crippen molar-refractivity contribution in [3.05, 3.63) is 28.9 Å². The minimum absolute atomic E-state index is 0.0630. The molecule has 1 aliphatic heterocycles. The molecule has 0 spiro atoms. The number of rotatable bonds is 6. The molecule has 0 saturated carbocycles. The van der Waals surface area contributed by atoms with Crippen LogP contribution in [0.15, 0.2) is 18.3 Å². The first-order valence-electron chi connectivity index (χ1n) is 8.30. The van der Waals surface area contributed by atoms with E-state index in [1.165, 1.54) is 6.20 Å². The minimum Gasteiger partial charge on any atom is -0.493 e. The predicted octanol–water partition coefficient (Wildman–Crippen LogP) is 1.97. The van der Waals surface area contributed by atoms with Gasteiger partial charge < -0.3 is 14.8 Å². The highest BCUT2D eigenvalue weighted by molar-refractivity contribution is 6.36. The summed E-state index contributed by atoms with van der Waals surface area (Å²) in [6.45, 7) is 3.26. The Morgan fingerprint density at radius 1 is 1.42 bits per heavy atom. The van der Waals surface area contributed by atoms with E-state index < -0.39 is 0 Å². The van der Waals surface area contributed by atoms with E-state index in [2.05, 4.69) is 15.2 Å². The normalized spacial score (nSPS) is 14.7. The lowest BCUT2D eigenvalue weighted by Gasteiger charge is -2.26. The molecule has 1 aromatic carbocycles. The van der Waals surface area contributed by atoms with Gasteiger partial charge in [0, 0.05) is 37.3 Å². The summed E-state index contributed by atoms with van der Waals surface area (Å²) in [5.74, 6) is 1.17. The van der Waals surface area contributed by atoms with Gasteiger partial charge in [-0.15, -0.1) is 0 Å². The number of carbonyl (C=O) groups is 1. The van der Waals surface area contributed by atoms with E-state index in [9.17, 15) is 4.79 Å². The number of ether oxygens (including phenoxy) is 2. The number of fused-ring (bicyclic) bond motifs is 1. The molecule has 8 heteroatoms. The molecule has 7 nitrogen and oxygen atoms in total. The first kappa shape index (κ1) is 18.2. The van der Waals surface area contributed by atoms with Gasteiger partial charge >= 0.3 is 0 Å². The van der Waals surface area contributed by atoms with E-state index in [1.807, 2.05) is 6.07 Å². The van der Waals surface area contributed by atoms with Crippen molar-refractivity contribution in [3.8, 4) is 17.6 Å². The Hall–Kier alpha value is -2.56. The first-order valence-corrected chi connectivity index (χ1v) is 8.68. The number of piperazine rings is 1. The van der Waals surface area contributed by atoms with Crippen molar-refractivity contribution in [1.29, 1.82) is 5.26 Å². The van der Waals surface area contributed by atoms with E-state index in [4.69, 9.17) is 26.3 Å². The summed E-state index contributed by atoms with van der Waals surface area (Å²) in [4.78, 5) is 17.7. The van der Waals surface area contributed by atoms with Gasteiger partial charge in [0.05, 0.1) is 36.4 Å². The topological polar surface area (TPSA) is 87.5 Å². The van der Waals surface area contributed by atoms with Crippen LogP contribution in [0, 0.1) is 11.3 Å². The lowest BCUT2D eigenvalue weighted by Crippen LogP contribution is -2.47. The molecule has 2 aromatic rings. The SMILES string of the molecule is COc1cc2c(Cl)c(C#N)cnc2cc1OCCCN1CCNC(=O)C1. The zero-order valence-electron chi connectivity index (χ0n) is 14.4. The fourth-order valence-corrected chi connectivity index (χ4v) is 3.11. The van der Waals surface area contributed by atoms with Crippen LogP contribution in [-0.2, 0) is 4.79 Å². The molecule has 1 amide bonds. The molecular formula is C18H19ClN4O3. The molecule has 1 aliphatic rings. The second kappa shape index (κ2) is 8.21. The summed E-state index contributed by atoms with van der Waals surface area (Å²) in [5.41, 5.74) is 0.956. The van der Waals surface area contributed by atoms with Gasteiger partial charge in [-0.1, -0.05) is 11.6 Å². The number of hydrogen-bond donors (Lipinski definition) is 1. The second-order valence-electron chi connectivity index (χ2n) is 5.95. The Kier molecular flexibility index (Phi) is 5.76. The van der Waals surface area contributed by atoms with Crippen LogP contribution in [0.1, 0.15) is 12.0 Å². The Morgan fingerprint density at radius 3 is 3.00 bits per heavy atom. The standard InChI is InChI=1S/C18H19ClN4O3/c1-25-15-7-13-14(22-10-12(9-20)18(13)19)8-16(15)26-6-2-4-23-5-3-21-17(24)11-23/h7-8,10H,2-6,11H2,1H3,(H,21,24). The van der Waals surface area contributed by atoms with Crippen LogP contribution >= 0.6 is 11.6 Å². The van der Waals surface area contributed by atoms with Gasteiger partial charge in [0.2, 0.25) is 5.91 Å². The number of methoxy groups -OCH3 is 1. The molecule has 26 heavy (non-hydrogen) atoms. The maximum absolute atomic E-state index is 11.4. The molecule has 0 unspecified atom stereocenters. The van der Waals surface area contributed by atoms with Crippen LogP contribution in [0.2, 0.25) is 5.02 Å². The number of pyridine rings is 1. The van der Waals surface area contributed by atoms with Gasteiger partial charge in [0.25, 0.3) is 0 Å². The number of nitrogens with one attached hydrogen (secondary N) is 1. The van der Waals surface area contributed by atoms with Crippen molar-refractivity contribution < 1.29 is 14.3 Å². The van der Waals surface area contributed by atoms with Crippen molar-refractivity contribution in [2.45, 2.75) is 6.42 Å². The van der Waals surface area contributed by atoms with Crippen molar-refractivity contribution in [2.75, 3.05) is 39.9 Å². The summed E-state index contributed by atoms with van der Waals surface area (Å²) in [6.07, 6.45) is 2.23. The number of benzene rings is 1. The molecule has 1 N–H and O–H groups in total. The van der Waals surface area contributed by atoms with Crippen LogP contribution in [0.3, 0.4) is 0 Å². The van der Waals surface area contributed by atoms with Crippen LogP contribution in [0.25, 0.3) is 10.9 Å². The quantitative estimate of drug-likeness (QED) is 0.778. The Labute approximate surface area is 156 Å². The zero-order chi connectivity index (χ0) is 18.5. The van der Waals surface area contributed by atoms with E-state index in [1.54, 1.807) is 19.2 Å². The summed E-state index contributed by atoms with van der Waals surface area (Å²) in [6, 6.07) is 5.51. The number of hydrogen-bond acceptors (Lipinski definition) is 6. The van der Waals surface area contributed by atoms with Crippen molar-refractivity contribution in [2.24, 2.45) is 0 Å². The highest BCUT2D eigenvalue weighted by atomic mass is 35.5. The number of carbonyl (C=O) groups excluding carboxylic acids is 1. The smallest absolute Gasteiger partial charge is 0.234 e. The van der Waals surface area contributed by atoms with Gasteiger partial charge in [-0.3, -0.25) is 14.7 Å². The largest absolute Gasteiger partial charge is 0.493 e. The molecule has 0 bridgehead atoms. The summed E-state index contributed by atoms with van der Waals surface area (Å²) >= 11 is 6.25. The lowest BCUT2D eigenvalue weighted by atomic mass is 10.1. The van der Waals surface area contributed by atoms with Gasteiger partial charge in [-0.05, 0) is 12.5 Å². The van der Waals surface area contributed by atoms with Crippen molar-refractivity contribution in [1.82, 2.24) is 15.2 Å². The fourth-order valence-electron chi connectivity index (χ4n) is 2.87. The maximum atomic E-state index is 11.4. The predicted molar refractivity (Wildman–Crippen MR) is 97.6 cm³/mol. The first-order chi connectivity index (χ1) is 12.6. The van der Waals surface area contributed by atoms with Gasteiger partial charge in [-0.25, -0.2) is 0 Å². The van der Waals surface area contributed by atoms with E-state index in [-0.39, 0.29) is 5.91 Å². The molecule has 1 saturated heterocycles. The molecule has 136 valence electrons. The third kappa shape index (κ3) is 3.98. The molecule has 0 radical (unpaired) electrons. The molecule has 3 rings (SSSR count). The lowest BCUT2D eigenvalue weighted by molar-refractivity contribution is -0.124. The molecular weight excluding hydrogens is 356 g/mol. The molecule has 0 aliphatic carbocycles. The zero-order valence-corrected chi connectivity index (χ0v) is 15.2.